The molecule has 0 bridgehead atoms. The number of rotatable bonds is 6. The van der Waals surface area contributed by atoms with E-state index in [0.29, 0.717) is 17.0 Å². The molecule has 2 aromatic rings. The van der Waals surface area contributed by atoms with E-state index in [0.717, 1.165) is 31.9 Å². The Hall–Kier alpha value is -4.77. The molecule has 17 heteroatoms. The topological polar surface area (TPSA) is 160 Å². The molecule has 0 aliphatic carbocycles. The number of pyridine rings is 1. The second-order valence-electron chi connectivity index (χ2n) is 8.44. The van der Waals surface area contributed by atoms with Gasteiger partial charge in [-0.1, -0.05) is 18.2 Å². The van der Waals surface area contributed by atoms with Gasteiger partial charge in [-0.25, -0.2) is 20.1 Å². The molecule has 11 nitrogen and oxygen atoms in total. The molecule has 2 heterocycles. The monoisotopic (exact) mass is 620 g/mol. The molecule has 1 amide bonds. The molecule has 1 saturated heterocycles. The highest BCUT2D eigenvalue weighted by atomic mass is 19.4. The van der Waals surface area contributed by atoms with Crippen LogP contribution in [0.25, 0.3) is 12.2 Å². The normalized spacial score (nSPS) is 13.9. The van der Waals surface area contributed by atoms with Crippen molar-refractivity contribution in [3.05, 3.63) is 71.6 Å². The molecule has 0 saturated carbocycles. The Bertz CT molecular complexity index is 1300. The molecule has 0 spiro atoms. The minimum absolute atomic E-state index is 0.0941. The van der Waals surface area contributed by atoms with E-state index in [1.807, 2.05) is 24.3 Å². The van der Waals surface area contributed by atoms with Crippen LogP contribution in [0.1, 0.15) is 21.7 Å². The van der Waals surface area contributed by atoms with Gasteiger partial charge < -0.3 is 20.0 Å². The lowest BCUT2D eigenvalue weighted by molar-refractivity contribution is -0.193. The molecule has 4 N–H and O–H groups in total. The third kappa shape index (κ3) is 14.1. The summed E-state index contributed by atoms with van der Waals surface area (Å²) in [6.07, 6.45) is -4.37. The van der Waals surface area contributed by atoms with E-state index >= 15 is 0 Å². The molecule has 1 aromatic heterocycles. The third-order valence-electron chi connectivity index (χ3n) is 5.20. The van der Waals surface area contributed by atoms with Gasteiger partial charge in [0, 0.05) is 43.5 Å². The first-order valence-electron chi connectivity index (χ1n) is 11.9. The number of carboxylic acids is 2. The van der Waals surface area contributed by atoms with Crippen molar-refractivity contribution in [3.63, 3.8) is 0 Å². The molecule has 0 unspecified atom stereocenters. The number of carboxylic acid groups (broad SMARTS) is 2. The van der Waals surface area contributed by atoms with E-state index in [4.69, 9.17) is 25.0 Å². The van der Waals surface area contributed by atoms with Gasteiger partial charge in [-0.3, -0.25) is 14.8 Å². The van der Waals surface area contributed by atoms with Crippen LogP contribution in [-0.4, -0.2) is 94.5 Å². The van der Waals surface area contributed by atoms with Gasteiger partial charge in [-0.15, -0.1) is 0 Å². The van der Waals surface area contributed by atoms with Gasteiger partial charge in [0.1, 0.15) is 0 Å². The summed E-state index contributed by atoms with van der Waals surface area (Å²) in [5.74, 6) is -6.24. The van der Waals surface area contributed by atoms with Crippen LogP contribution in [0, 0.1) is 0 Å². The first kappa shape index (κ1) is 36.3. The number of hydrogen-bond donors (Lipinski definition) is 4. The van der Waals surface area contributed by atoms with Crippen molar-refractivity contribution < 1.29 is 60.9 Å². The average molecular weight is 621 g/mol. The number of carbonyl (C=O) groups excluding carboxylic acids is 2. The number of piperazine rings is 1. The van der Waals surface area contributed by atoms with Crippen LogP contribution in [-0.2, 0) is 14.4 Å². The smallest absolute Gasteiger partial charge is 0.475 e. The number of carbonyl (C=O) groups is 4. The van der Waals surface area contributed by atoms with Crippen molar-refractivity contribution in [1.29, 1.82) is 0 Å². The van der Waals surface area contributed by atoms with E-state index in [1.54, 1.807) is 24.3 Å². The number of benzene rings is 1. The number of ketones is 1. The number of alkyl halides is 6. The predicted octanol–water partition coefficient (Wildman–Crippen LogP) is 3.51. The minimum atomic E-state index is -5.08. The lowest BCUT2D eigenvalue weighted by atomic mass is 10.1. The number of likely N-dealkylation sites (N-methyl/N-ethyl adjacent to an activating group) is 1. The van der Waals surface area contributed by atoms with Gasteiger partial charge >= 0.3 is 24.3 Å². The highest BCUT2D eigenvalue weighted by Crippen LogP contribution is 2.19. The number of anilines is 1. The highest BCUT2D eigenvalue weighted by molar-refractivity contribution is 6.07. The second-order valence-corrected chi connectivity index (χ2v) is 8.44. The molecule has 234 valence electrons. The summed E-state index contributed by atoms with van der Waals surface area (Å²) in [6.45, 7) is 3.91. The highest BCUT2D eigenvalue weighted by Gasteiger charge is 2.38. The van der Waals surface area contributed by atoms with Gasteiger partial charge in [0.15, 0.2) is 5.78 Å². The van der Waals surface area contributed by atoms with Crippen LogP contribution in [0.3, 0.4) is 0 Å². The standard InChI is InChI=1S/C22H24N4O3.2C2HF3O2/c1-25-12-14-26(15-13-25)20-7-2-4-17(16-20)21(27)10-8-18-5-3-6-19(23-18)9-11-22(28)24-29;2*3-2(4,5)1(6)7/h2-11,16,29H,12-15H2,1H3,(H,24,28);2*(H,6,7)/b10-8+,11-9+;;. The number of allylic oxidation sites excluding steroid dienone is 1. The largest absolute Gasteiger partial charge is 0.490 e. The molecular weight excluding hydrogens is 594 g/mol. The van der Waals surface area contributed by atoms with Crippen LogP contribution < -0.4 is 10.4 Å². The minimum Gasteiger partial charge on any atom is -0.475 e. The number of hydroxylamine groups is 1. The van der Waals surface area contributed by atoms with Gasteiger partial charge in [-0.2, -0.15) is 26.3 Å². The Balaban J connectivity index is 0.000000548. The Morgan fingerprint density at radius 1 is 0.814 bits per heavy atom. The quantitative estimate of drug-likeness (QED) is 0.124. The van der Waals surface area contributed by atoms with Gasteiger partial charge in [0.25, 0.3) is 5.91 Å². The SMILES string of the molecule is CN1CCN(c2cccc(C(=O)/C=C/c3cccc(/C=C/C(=O)NO)n3)c2)CC1.O=C(O)C(F)(F)F.O=C(O)C(F)(F)F. The molecule has 1 aromatic carbocycles. The molecule has 0 radical (unpaired) electrons. The summed E-state index contributed by atoms with van der Waals surface area (Å²) < 4.78 is 63.5. The van der Waals surface area contributed by atoms with E-state index in [9.17, 15) is 35.9 Å². The molecule has 43 heavy (non-hydrogen) atoms. The summed E-state index contributed by atoms with van der Waals surface area (Å²) in [5, 5.41) is 22.8. The molecule has 3 rings (SSSR count). The zero-order chi connectivity index (χ0) is 32.8. The maximum absolute atomic E-state index is 12.6. The van der Waals surface area contributed by atoms with Crippen molar-refractivity contribution in [2.75, 3.05) is 38.1 Å². The molecule has 1 aliphatic rings. The number of halogens is 6. The zero-order valence-electron chi connectivity index (χ0n) is 22.3. The van der Waals surface area contributed by atoms with Gasteiger partial charge in [0.2, 0.25) is 0 Å². The van der Waals surface area contributed by atoms with E-state index in [1.165, 1.54) is 23.7 Å². The fourth-order valence-corrected chi connectivity index (χ4v) is 3.03. The first-order chi connectivity index (χ1) is 19.9. The maximum atomic E-state index is 12.6. The summed E-state index contributed by atoms with van der Waals surface area (Å²) in [6, 6.07) is 13.0. The maximum Gasteiger partial charge on any atom is 0.490 e. The van der Waals surface area contributed by atoms with Gasteiger partial charge in [-0.05, 0) is 49.5 Å². The van der Waals surface area contributed by atoms with Crippen molar-refractivity contribution >= 4 is 41.5 Å². The van der Waals surface area contributed by atoms with Crippen LogP contribution in [0.15, 0.2) is 54.6 Å². The summed E-state index contributed by atoms with van der Waals surface area (Å²) >= 11 is 0. The van der Waals surface area contributed by atoms with Crippen LogP contribution >= 0.6 is 0 Å². The van der Waals surface area contributed by atoms with Crippen molar-refractivity contribution in [2.24, 2.45) is 0 Å². The zero-order valence-corrected chi connectivity index (χ0v) is 22.3. The second kappa shape index (κ2) is 16.6. The number of amides is 1. The number of nitrogens with one attached hydrogen (secondary N) is 1. The number of aliphatic carboxylic acids is 2. The lowest BCUT2D eigenvalue weighted by Gasteiger charge is -2.34. The Kier molecular flexibility index (Phi) is 14.0. The number of hydrogen-bond acceptors (Lipinski definition) is 8. The van der Waals surface area contributed by atoms with Crippen molar-refractivity contribution in [3.8, 4) is 0 Å². The van der Waals surface area contributed by atoms with Gasteiger partial charge in [0.05, 0.1) is 11.4 Å². The van der Waals surface area contributed by atoms with Crippen molar-refractivity contribution in [2.45, 2.75) is 12.4 Å². The van der Waals surface area contributed by atoms with E-state index < -0.39 is 30.2 Å². The Morgan fingerprint density at radius 2 is 1.28 bits per heavy atom. The summed E-state index contributed by atoms with van der Waals surface area (Å²) in [5.41, 5.74) is 4.35. The lowest BCUT2D eigenvalue weighted by Crippen LogP contribution is -2.44. The van der Waals surface area contributed by atoms with Crippen LogP contribution in [0.5, 0.6) is 0 Å². The van der Waals surface area contributed by atoms with Crippen LogP contribution in [0.4, 0.5) is 32.0 Å². The Morgan fingerprint density at radius 3 is 1.74 bits per heavy atom. The van der Waals surface area contributed by atoms with Crippen molar-refractivity contribution in [1.82, 2.24) is 15.4 Å². The molecule has 1 aliphatic heterocycles. The van der Waals surface area contributed by atoms with Crippen LogP contribution in [0.2, 0.25) is 0 Å². The predicted molar refractivity (Wildman–Crippen MR) is 140 cm³/mol. The first-order valence-corrected chi connectivity index (χ1v) is 11.9. The Labute approximate surface area is 240 Å². The summed E-state index contributed by atoms with van der Waals surface area (Å²) in [4.78, 5) is 50.4. The van der Waals surface area contributed by atoms with E-state index in [2.05, 4.69) is 21.8 Å². The van der Waals surface area contributed by atoms with E-state index in [-0.39, 0.29) is 5.78 Å². The fraction of sp³-hybridized carbons (Fsp3) is 0.269. The third-order valence-corrected chi connectivity index (χ3v) is 5.20. The molecular formula is C26H26F6N4O7. The fourth-order valence-electron chi connectivity index (χ4n) is 3.03. The number of nitrogens with zero attached hydrogens (tertiary/aromatic N) is 3. The molecule has 0 atom stereocenters. The summed E-state index contributed by atoms with van der Waals surface area (Å²) in [7, 11) is 2.11. The number of aromatic nitrogens is 1. The molecule has 1 fully saturated rings. The average Bonchev–Trinajstić information content (AvgIpc) is 2.95.